The Morgan fingerprint density at radius 3 is 2.44 bits per heavy atom. The van der Waals surface area contributed by atoms with Crippen molar-refractivity contribution in [2.45, 2.75) is 32.3 Å². The third-order valence-corrected chi connectivity index (χ3v) is 4.84. The highest BCUT2D eigenvalue weighted by Crippen LogP contribution is 2.44. The van der Waals surface area contributed by atoms with Crippen molar-refractivity contribution in [1.82, 2.24) is 10.4 Å². The standard InChI is InChI=1S/C20H24N2O5/c1-20(2,3)27-19(26)21-22-11-13-9-10-14(12-7-5-4-6-8-12)16(18(24)25)15(13)17(22)23/h4-10,13-16H,11H2,1-3H3,(H,21,26)(H,24,25)/t13-,14+,15+,16-/m0/s1. The average Bonchev–Trinajstić information content (AvgIpc) is 2.89. The highest BCUT2D eigenvalue weighted by Gasteiger charge is 2.51. The molecule has 1 aliphatic heterocycles. The van der Waals surface area contributed by atoms with Crippen LogP contribution in [-0.2, 0) is 14.3 Å². The van der Waals surface area contributed by atoms with Gasteiger partial charge in [0.05, 0.1) is 11.8 Å². The van der Waals surface area contributed by atoms with Crippen molar-refractivity contribution in [3.8, 4) is 0 Å². The quantitative estimate of drug-likeness (QED) is 0.795. The average molecular weight is 372 g/mol. The molecule has 1 fully saturated rings. The minimum Gasteiger partial charge on any atom is -0.481 e. The summed E-state index contributed by atoms with van der Waals surface area (Å²) in [4.78, 5) is 36.9. The van der Waals surface area contributed by atoms with Gasteiger partial charge in [0.15, 0.2) is 0 Å². The molecule has 2 N–H and O–H groups in total. The van der Waals surface area contributed by atoms with Gasteiger partial charge >= 0.3 is 12.1 Å². The van der Waals surface area contributed by atoms with Gasteiger partial charge in [-0.15, -0.1) is 0 Å². The van der Waals surface area contributed by atoms with Crippen LogP contribution >= 0.6 is 0 Å². The van der Waals surface area contributed by atoms with Crippen molar-refractivity contribution in [1.29, 1.82) is 0 Å². The Morgan fingerprint density at radius 1 is 1.19 bits per heavy atom. The lowest BCUT2D eigenvalue weighted by atomic mass is 9.69. The van der Waals surface area contributed by atoms with E-state index in [2.05, 4.69) is 5.43 Å². The molecule has 144 valence electrons. The molecule has 0 spiro atoms. The molecule has 0 saturated carbocycles. The van der Waals surface area contributed by atoms with Crippen LogP contribution in [0.2, 0.25) is 0 Å². The Bertz CT molecular complexity index is 768. The van der Waals surface area contributed by atoms with Gasteiger partial charge in [-0.2, -0.15) is 0 Å². The second kappa shape index (κ2) is 7.06. The molecule has 1 aromatic carbocycles. The molecule has 2 amide bonds. The van der Waals surface area contributed by atoms with Crippen LogP contribution in [-0.4, -0.2) is 40.2 Å². The van der Waals surface area contributed by atoms with Gasteiger partial charge < -0.3 is 9.84 Å². The zero-order valence-electron chi connectivity index (χ0n) is 15.6. The fraction of sp³-hybridized carbons (Fsp3) is 0.450. The number of amides is 2. The number of aliphatic carboxylic acids is 1. The summed E-state index contributed by atoms with van der Waals surface area (Å²) in [5, 5.41) is 11.0. The van der Waals surface area contributed by atoms with Crippen molar-refractivity contribution in [3.05, 3.63) is 48.0 Å². The molecule has 2 aliphatic rings. The fourth-order valence-electron chi connectivity index (χ4n) is 3.80. The maximum Gasteiger partial charge on any atom is 0.426 e. The number of carbonyl (C=O) groups excluding carboxylic acids is 2. The zero-order chi connectivity index (χ0) is 19.8. The van der Waals surface area contributed by atoms with Crippen molar-refractivity contribution in [3.63, 3.8) is 0 Å². The molecule has 4 atom stereocenters. The Balaban J connectivity index is 1.81. The number of nitrogens with zero attached hydrogens (tertiary/aromatic N) is 1. The van der Waals surface area contributed by atoms with Gasteiger partial charge in [0, 0.05) is 18.4 Å². The number of carboxylic acid groups (broad SMARTS) is 1. The van der Waals surface area contributed by atoms with Gasteiger partial charge in [0.1, 0.15) is 5.60 Å². The second-order valence-corrected chi connectivity index (χ2v) is 7.94. The monoisotopic (exact) mass is 372 g/mol. The molecule has 7 heteroatoms. The van der Waals surface area contributed by atoms with E-state index in [1.807, 2.05) is 42.5 Å². The molecule has 1 heterocycles. The van der Waals surface area contributed by atoms with E-state index in [-0.39, 0.29) is 12.5 Å². The van der Waals surface area contributed by atoms with E-state index in [9.17, 15) is 19.5 Å². The zero-order valence-corrected chi connectivity index (χ0v) is 15.6. The number of benzene rings is 1. The van der Waals surface area contributed by atoms with E-state index in [1.165, 1.54) is 5.01 Å². The number of rotatable bonds is 3. The third kappa shape index (κ3) is 3.97. The first kappa shape index (κ1) is 18.9. The summed E-state index contributed by atoms with van der Waals surface area (Å²) in [6.07, 6.45) is 3.01. The van der Waals surface area contributed by atoms with Crippen molar-refractivity contribution in [2.75, 3.05) is 6.54 Å². The Labute approximate surface area is 158 Å². The lowest BCUT2D eigenvalue weighted by Gasteiger charge is -2.31. The van der Waals surface area contributed by atoms with Gasteiger partial charge in [0.2, 0.25) is 5.91 Å². The predicted molar refractivity (Wildman–Crippen MR) is 97.5 cm³/mol. The summed E-state index contributed by atoms with van der Waals surface area (Å²) in [5.41, 5.74) is 2.61. The van der Waals surface area contributed by atoms with Crippen molar-refractivity contribution >= 4 is 18.0 Å². The first-order valence-electron chi connectivity index (χ1n) is 8.94. The summed E-state index contributed by atoms with van der Waals surface area (Å²) >= 11 is 0. The number of nitrogens with one attached hydrogen (secondary N) is 1. The Kier molecular flexibility index (Phi) is 4.95. The number of fused-ring (bicyclic) bond motifs is 1. The smallest absolute Gasteiger partial charge is 0.426 e. The molecule has 1 aliphatic carbocycles. The number of hydrogen-bond acceptors (Lipinski definition) is 4. The molecule has 7 nitrogen and oxygen atoms in total. The van der Waals surface area contributed by atoms with E-state index in [4.69, 9.17) is 4.74 Å². The summed E-state index contributed by atoms with van der Waals surface area (Å²) in [5.74, 6) is -3.70. The molecular formula is C20H24N2O5. The summed E-state index contributed by atoms with van der Waals surface area (Å²) in [6.45, 7) is 5.41. The minimum atomic E-state index is -1.02. The lowest BCUT2D eigenvalue weighted by Crippen LogP contribution is -2.47. The lowest BCUT2D eigenvalue weighted by molar-refractivity contribution is -0.149. The summed E-state index contributed by atoms with van der Waals surface area (Å²) in [6, 6.07) is 9.28. The summed E-state index contributed by atoms with van der Waals surface area (Å²) in [7, 11) is 0. The van der Waals surface area contributed by atoms with Crippen LogP contribution in [0, 0.1) is 17.8 Å². The maximum absolute atomic E-state index is 12.9. The number of hydrogen-bond donors (Lipinski definition) is 2. The van der Waals surface area contributed by atoms with Crippen LogP contribution in [0.3, 0.4) is 0 Å². The van der Waals surface area contributed by atoms with Gasteiger partial charge in [0.25, 0.3) is 0 Å². The first-order chi connectivity index (χ1) is 12.7. The Morgan fingerprint density at radius 2 is 1.85 bits per heavy atom. The molecule has 27 heavy (non-hydrogen) atoms. The molecule has 1 saturated heterocycles. The fourth-order valence-corrected chi connectivity index (χ4v) is 3.80. The number of allylic oxidation sites excluding steroid dienone is 1. The van der Waals surface area contributed by atoms with E-state index >= 15 is 0 Å². The van der Waals surface area contributed by atoms with Crippen LogP contribution in [0.25, 0.3) is 0 Å². The number of carbonyl (C=O) groups is 3. The molecule has 3 rings (SSSR count). The predicted octanol–water partition coefficient (Wildman–Crippen LogP) is 2.56. The number of carboxylic acids is 1. The third-order valence-electron chi connectivity index (χ3n) is 4.84. The SMILES string of the molecule is CC(C)(C)OC(=O)NN1C[C@@H]2C=C[C@H](c3ccccc3)[C@H](C(=O)O)[C@@H]2C1=O. The van der Waals surface area contributed by atoms with Gasteiger partial charge in [-0.05, 0) is 26.3 Å². The van der Waals surface area contributed by atoms with Gasteiger partial charge in [-0.25, -0.2) is 10.2 Å². The van der Waals surface area contributed by atoms with Crippen LogP contribution in [0.15, 0.2) is 42.5 Å². The van der Waals surface area contributed by atoms with E-state index in [1.54, 1.807) is 20.8 Å². The highest BCUT2D eigenvalue weighted by molar-refractivity contribution is 5.89. The first-order valence-corrected chi connectivity index (χ1v) is 8.94. The van der Waals surface area contributed by atoms with E-state index in [0.29, 0.717) is 0 Å². The van der Waals surface area contributed by atoms with Crippen LogP contribution in [0.1, 0.15) is 32.3 Å². The molecule has 0 radical (unpaired) electrons. The van der Waals surface area contributed by atoms with Crippen LogP contribution in [0.5, 0.6) is 0 Å². The molecular weight excluding hydrogens is 348 g/mol. The molecule has 1 aromatic rings. The van der Waals surface area contributed by atoms with Gasteiger partial charge in [-0.1, -0.05) is 42.5 Å². The van der Waals surface area contributed by atoms with E-state index in [0.717, 1.165) is 5.56 Å². The number of hydrazine groups is 1. The maximum atomic E-state index is 12.9. The molecule has 0 bridgehead atoms. The topological polar surface area (TPSA) is 95.9 Å². The Hall–Kier alpha value is -2.83. The summed E-state index contributed by atoms with van der Waals surface area (Å²) < 4.78 is 5.19. The van der Waals surface area contributed by atoms with Crippen LogP contribution < -0.4 is 5.43 Å². The largest absolute Gasteiger partial charge is 0.481 e. The van der Waals surface area contributed by atoms with Crippen molar-refractivity contribution in [2.24, 2.45) is 17.8 Å². The number of ether oxygens (including phenoxy) is 1. The minimum absolute atomic E-state index is 0.227. The van der Waals surface area contributed by atoms with Crippen molar-refractivity contribution < 1.29 is 24.2 Å². The molecule has 0 unspecified atom stereocenters. The second-order valence-electron chi connectivity index (χ2n) is 7.94. The van der Waals surface area contributed by atoms with Gasteiger partial charge in [-0.3, -0.25) is 14.6 Å². The highest BCUT2D eigenvalue weighted by atomic mass is 16.6. The van der Waals surface area contributed by atoms with Crippen LogP contribution in [0.4, 0.5) is 4.79 Å². The molecule has 0 aromatic heterocycles. The van der Waals surface area contributed by atoms with E-state index < -0.39 is 41.3 Å². The normalized spacial score (nSPS) is 27.2.